The molecule has 142 valence electrons. The Balaban J connectivity index is 1.87. The van der Waals surface area contributed by atoms with E-state index in [-0.39, 0.29) is 34.1 Å². The third-order valence-electron chi connectivity index (χ3n) is 4.21. The predicted octanol–water partition coefficient (Wildman–Crippen LogP) is 2.81. The Morgan fingerprint density at radius 3 is 2.85 bits per heavy atom. The Bertz CT molecular complexity index is 976. The lowest BCUT2D eigenvalue weighted by Crippen LogP contribution is -2.38. The van der Waals surface area contributed by atoms with Gasteiger partial charge in [-0.2, -0.15) is 5.10 Å². The number of hydrogen-bond donors (Lipinski definition) is 2. The number of hydrogen-bond acceptors (Lipinski definition) is 5. The van der Waals surface area contributed by atoms with Gasteiger partial charge in [-0.25, -0.2) is 4.39 Å². The molecule has 3 rings (SSSR count). The van der Waals surface area contributed by atoms with E-state index in [0.717, 1.165) is 0 Å². The second kappa shape index (κ2) is 7.13. The average Bonchev–Trinajstić information content (AvgIpc) is 3.19. The van der Waals surface area contributed by atoms with Crippen molar-refractivity contribution >= 4 is 17.5 Å². The van der Waals surface area contributed by atoms with Gasteiger partial charge in [0.25, 0.3) is 5.91 Å². The first-order chi connectivity index (χ1) is 12.7. The molecule has 0 saturated heterocycles. The number of nitrogens with one attached hydrogen (secondary N) is 1. The van der Waals surface area contributed by atoms with E-state index in [1.807, 2.05) is 0 Å². The number of aryl methyl sites for hydroxylation is 2. The number of halogens is 2. The van der Waals surface area contributed by atoms with Crippen LogP contribution in [0.3, 0.4) is 0 Å². The lowest BCUT2D eigenvalue weighted by atomic mass is 9.99. The van der Waals surface area contributed by atoms with Crippen molar-refractivity contribution < 1.29 is 18.8 Å². The Hall–Kier alpha value is -2.71. The van der Waals surface area contributed by atoms with Gasteiger partial charge in [0.15, 0.2) is 0 Å². The van der Waals surface area contributed by atoms with Crippen LogP contribution in [0.4, 0.5) is 4.39 Å². The number of rotatable bonds is 5. The van der Waals surface area contributed by atoms with E-state index in [2.05, 4.69) is 15.6 Å². The van der Waals surface area contributed by atoms with Crippen LogP contribution in [0.15, 0.2) is 35.1 Å². The summed E-state index contributed by atoms with van der Waals surface area (Å²) >= 11 is 6.08. The van der Waals surface area contributed by atoms with Gasteiger partial charge in [-0.05, 0) is 26.0 Å². The molecule has 0 aliphatic heterocycles. The number of aromatic nitrogens is 3. The Morgan fingerprint density at radius 1 is 1.48 bits per heavy atom. The SMILES string of the molecule is Cc1onc(-c2c(F)cccc2Cl)c1C(=O)NC[C@](C)(O)c1cnn(C)c1. The van der Waals surface area contributed by atoms with Gasteiger partial charge in [-0.3, -0.25) is 9.48 Å². The Morgan fingerprint density at radius 2 is 2.22 bits per heavy atom. The summed E-state index contributed by atoms with van der Waals surface area (Å²) < 4.78 is 20.9. The van der Waals surface area contributed by atoms with E-state index >= 15 is 0 Å². The number of carbonyl (C=O) groups is 1. The van der Waals surface area contributed by atoms with Crippen molar-refractivity contribution in [3.05, 3.63) is 58.3 Å². The molecule has 3 aromatic rings. The van der Waals surface area contributed by atoms with E-state index in [1.54, 1.807) is 31.8 Å². The summed E-state index contributed by atoms with van der Waals surface area (Å²) in [6.45, 7) is 3.01. The fourth-order valence-corrected chi connectivity index (χ4v) is 2.93. The highest BCUT2D eigenvalue weighted by Gasteiger charge is 2.29. The fourth-order valence-electron chi connectivity index (χ4n) is 2.68. The monoisotopic (exact) mass is 392 g/mol. The molecule has 0 fully saturated rings. The van der Waals surface area contributed by atoms with Crippen LogP contribution in [0, 0.1) is 12.7 Å². The maximum absolute atomic E-state index is 14.2. The minimum atomic E-state index is -1.34. The third kappa shape index (κ3) is 3.72. The van der Waals surface area contributed by atoms with Crippen molar-refractivity contribution in [2.45, 2.75) is 19.4 Å². The Labute approximate surface area is 159 Å². The van der Waals surface area contributed by atoms with Crippen molar-refractivity contribution in [3.8, 4) is 11.3 Å². The first-order valence-electron chi connectivity index (χ1n) is 8.11. The summed E-state index contributed by atoms with van der Waals surface area (Å²) in [6, 6.07) is 4.18. The maximum atomic E-state index is 14.2. The average molecular weight is 393 g/mol. The lowest BCUT2D eigenvalue weighted by molar-refractivity contribution is 0.0525. The van der Waals surface area contributed by atoms with E-state index in [1.165, 1.54) is 24.4 Å². The van der Waals surface area contributed by atoms with E-state index in [4.69, 9.17) is 16.1 Å². The first kappa shape index (κ1) is 19.1. The van der Waals surface area contributed by atoms with Crippen LogP contribution in [-0.4, -0.2) is 32.5 Å². The summed E-state index contributed by atoms with van der Waals surface area (Å²) in [6.07, 6.45) is 3.17. The van der Waals surface area contributed by atoms with E-state index in [9.17, 15) is 14.3 Å². The zero-order valence-corrected chi connectivity index (χ0v) is 15.7. The highest BCUT2D eigenvalue weighted by Crippen LogP contribution is 2.33. The molecular formula is C18H18ClFN4O3. The zero-order chi connectivity index (χ0) is 19.8. The molecule has 0 bridgehead atoms. The van der Waals surface area contributed by atoms with Crippen LogP contribution < -0.4 is 5.32 Å². The summed E-state index contributed by atoms with van der Waals surface area (Å²) in [5.74, 6) is -0.970. The molecule has 2 aromatic heterocycles. The number of amides is 1. The van der Waals surface area contributed by atoms with Gasteiger partial charge in [0.05, 0.1) is 23.3 Å². The number of benzene rings is 1. The molecule has 0 radical (unpaired) electrons. The second-order valence-corrected chi connectivity index (χ2v) is 6.83. The molecule has 0 spiro atoms. The first-order valence-corrected chi connectivity index (χ1v) is 8.49. The van der Waals surface area contributed by atoms with Crippen LogP contribution in [0.5, 0.6) is 0 Å². The standard InChI is InChI=1S/C18H18ClFN4O3/c1-10-14(16(23-27-10)15-12(19)5-4-6-13(15)20)17(25)21-9-18(2,26)11-7-22-24(3)8-11/h4-8,26H,9H2,1-3H3,(H,21,25)/t18-/m0/s1. The van der Waals surface area contributed by atoms with Gasteiger partial charge in [-0.1, -0.05) is 22.8 Å². The third-order valence-corrected chi connectivity index (χ3v) is 4.52. The molecule has 1 amide bonds. The van der Waals surface area contributed by atoms with Gasteiger partial charge < -0.3 is 14.9 Å². The summed E-state index contributed by atoms with van der Waals surface area (Å²) in [7, 11) is 1.73. The molecule has 1 aromatic carbocycles. The van der Waals surface area contributed by atoms with Crippen LogP contribution >= 0.6 is 11.6 Å². The quantitative estimate of drug-likeness (QED) is 0.696. The minimum absolute atomic E-state index is 0.00845. The Kier molecular flexibility index (Phi) is 5.03. The van der Waals surface area contributed by atoms with Crippen LogP contribution in [0.1, 0.15) is 28.6 Å². The molecule has 2 heterocycles. The molecule has 0 aliphatic carbocycles. The van der Waals surface area contributed by atoms with Gasteiger partial charge in [-0.15, -0.1) is 0 Å². The van der Waals surface area contributed by atoms with Crippen LogP contribution in [0.25, 0.3) is 11.3 Å². The van der Waals surface area contributed by atoms with Crippen molar-refractivity contribution in [1.82, 2.24) is 20.3 Å². The number of carbonyl (C=O) groups excluding carboxylic acids is 1. The molecule has 7 nitrogen and oxygen atoms in total. The van der Waals surface area contributed by atoms with Gasteiger partial charge in [0.1, 0.15) is 28.4 Å². The number of aliphatic hydroxyl groups is 1. The molecule has 27 heavy (non-hydrogen) atoms. The zero-order valence-electron chi connectivity index (χ0n) is 15.0. The summed E-state index contributed by atoms with van der Waals surface area (Å²) in [4.78, 5) is 12.7. The fraction of sp³-hybridized carbons (Fsp3) is 0.278. The largest absolute Gasteiger partial charge is 0.383 e. The highest BCUT2D eigenvalue weighted by molar-refractivity contribution is 6.33. The molecule has 0 aliphatic rings. The topological polar surface area (TPSA) is 93.2 Å². The molecule has 0 saturated carbocycles. The number of nitrogens with zero attached hydrogens (tertiary/aromatic N) is 3. The van der Waals surface area contributed by atoms with Crippen molar-refractivity contribution in [2.24, 2.45) is 7.05 Å². The van der Waals surface area contributed by atoms with Crippen molar-refractivity contribution in [3.63, 3.8) is 0 Å². The predicted molar refractivity (Wildman–Crippen MR) is 96.8 cm³/mol. The van der Waals surface area contributed by atoms with E-state index in [0.29, 0.717) is 5.56 Å². The molecule has 0 unspecified atom stereocenters. The summed E-state index contributed by atoms with van der Waals surface area (Å²) in [5, 5.41) is 21.2. The molecular weight excluding hydrogens is 375 g/mol. The van der Waals surface area contributed by atoms with Crippen LogP contribution in [0.2, 0.25) is 5.02 Å². The highest BCUT2D eigenvalue weighted by atomic mass is 35.5. The van der Waals surface area contributed by atoms with Crippen LogP contribution in [-0.2, 0) is 12.6 Å². The summed E-state index contributed by atoms with van der Waals surface area (Å²) in [5.41, 5.74) is -0.742. The lowest BCUT2D eigenvalue weighted by Gasteiger charge is -2.22. The second-order valence-electron chi connectivity index (χ2n) is 6.42. The van der Waals surface area contributed by atoms with Crippen molar-refractivity contribution in [2.75, 3.05) is 6.54 Å². The van der Waals surface area contributed by atoms with Gasteiger partial charge >= 0.3 is 0 Å². The molecule has 9 heteroatoms. The van der Waals surface area contributed by atoms with E-state index < -0.39 is 17.3 Å². The maximum Gasteiger partial charge on any atom is 0.257 e. The molecule has 1 atom stereocenters. The minimum Gasteiger partial charge on any atom is -0.383 e. The van der Waals surface area contributed by atoms with Crippen molar-refractivity contribution in [1.29, 1.82) is 0 Å². The molecule has 2 N–H and O–H groups in total. The van der Waals surface area contributed by atoms with Gasteiger partial charge in [0.2, 0.25) is 0 Å². The smallest absolute Gasteiger partial charge is 0.257 e. The normalized spacial score (nSPS) is 13.4. The van der Waals surface area contributed by atoms with Gasteiger partial charge in [0, 0.05) is 18.8 Å².